The minimum atomic E-state index is 1.03. The molecule has 8 heavy (non-hydrogen) atoms. The van der Waals surface area contributed by atoms with Crippen molar-refractivity contribution in [1.82, 2.24) is 5.01 Å². The van der Waals surface area contributed by atoms with Crippen LogP contribution in [0.1, 0.15) is 0 Å². The van der Waals surface area contributed by atoms with Gasteiger partial charge in [0.2, 0.25) is 0 Å². The Kier molecular flexibility index (Phi) is 3.90. The monoisotopic (exact) mass is 224 g/mol. The van der Waals surface area contributed by atoms with E-state index in [2.05, 4.69) is 29.2 Å². The highest BCUT2D eigenvalue weighted by Gasteiger charge is 1.80. The molecule has 0 aliphatic heterocycles. The third kappa shape index (κ3) is 4.14. The molecule has 0 aromatic carbocycles. The van der Waals surface area contributed by atoms with Gasteiger partial charge in [-0.2, -0.15) is 0 Å². The van der Waals surface area contributed by atoms with Crippen molar-refractivity contribution < 1.29 is 0 Å². The number of nitrogens with two attached hydrogens (primary N) is 1. The van der Waals surface area contributed by atoms with Crippen LogP contribution in [0.3, 0.4) is 0 Å². The SMILES string of the molecule is C=C/C(I)=C\N(C)N. The van der Waals surface area contributed by atoms with E-state index in [1.165, 1.54) is 5.01 Å². The Balaban J connectivity index is 3.74. The van der Waals surface area contributed by atoms with E-state index in [0.29, 0.717) is 0 Å². The number of hydrogen-bond acceptors (Lipinski definition) is 2. The Hall–Kier alpha value is -0.0300. The molecular formula is C5H9IN2. The van der Waals surface area contributed by atoms with Gasteiger partial charge >= 0.3 is 0 Å². The largest absolute Gasteiger partial charge is 0.320 e. The predicted molar refractivity (Wildman–Crippen MR) is 44.3 cm³/mol. The topological polar surface area (TPSA) is 29.3 Å². The van der Waals surface area contributed by atoms with Gasteiger partial charge in [-0.1, -0.05) is 12.7 Å². The minimum Gasteiger partial charge on any atom is -0.320 e. The molecule has 0 saturated heterocycles. The molecule has 0 fully saturated rings. The van der Waals surface area contributed by atoms with Gasteiger partial charge in [0.15, 0.2) is 0 Å². The molecule has 0 aromatic heterocycles. The van der Waals surface area contributed by atoms with Crippen LogP contribution < -0.4 is 5.84 Å². The van der Waals surface area contributed by atoms with Crippen LogP contribution in [0.15, 0.2) is 22.4 Å². The molecule has 0 amide bonds. The van der Waals surface area contributed by atoms with E-state index in [1.54, 1.807) is 19.3 Å². The number of halogens is 1. The summed E-state index contributed by atoms with van der Waals surface area (Å²) in [5.41, 5.74) is 0. The summed E-state index contributed by atoms with van der Waals surface area (Å²) in [5, 5.41) is 1.49. The van der Waals surface area contributed by atoms with Gasteiger partial charge in [0.25, 0.3) is 0 Å². The predicted octanol–water partition coefficient (Wildman–Crippen LogP) is 1.25. The van der Waals surface area contributed by atoms with Gasteiger partial charge in [0, 0.05) is 16.8 Å². The summed E-state index contributed by atoms with van der Waals surface area (Å²) in [6.45, 7) is 3.56. The third-order valence-electron chi connectivity index (χ3n) is 0.522. The van der Waals surface area contributed by atoms with Crippen LogP contribution in [0, 0.1) is 0 Å². The quantitative estimate of drug-likeness (QED) is 0.331. The van der Waals surface area contributed by atoms with Gasteiger partial charge in [-0.25, -0.2) is 5.84 Å². The normalized spacial score (nSPS) is 11.1. The molecule has 0 atom stereocenters. The van der Waals surface area contributed by atoms with Crippen molar-refractivity contribution in [3.05, 3.63) is 22.4 Å². The van der Waals surface area contributed by atoms with Gasteiger partial charge < -0.3 is 5.01 Å². The van der Waals surface area contributed by atoms with E-state index in [-0.39, 0.29) is 0 Å². The van der Waals surface area contributed by atoms with Gasteiger partial charge in [-0.15, -0.1) is 0 Å². The van der Waals surface area contributed by atoms with Crippen LogP contribution in [0.2, 0.25) is 0 Å². The smallest absolute Gasteiger partial charge is 0.0297 e. The first-order valence-corrected chi connectivity index (χ1v) is 3.22. The van der Waals surface area contributed by atoms with Crippen molar-refractivity contribution in [3.8, 4) is 0 Å². The molecule has 0 bridgehead atoms. The summed E-state index contributed by atoms with van der Waals surface area (Å²) < 4.78 is 1.03. The summed E-state index contributed by atoms with van der Waals surface area (Å²) in [6.07, 6.45) is 3.53. The average molecular weight is 224 g/mol. The van der Waals surface area contributed by atoms with Gasteiger partial charge in [-0.3, -0.25) is 0 Å². The lowest BCUT2D eigenvalue weighted by molar-refractivity contribution is 0.484. The fraction of sp³-hybridized carbons (Fsp3) is 0.200. The summed E-state index contributed by atoms with van der Waals surface area (Å²) in [6, 6.07) is 0. The van der Waals surface area contributed by atoms with Crippen LogP contribution in [0.25, 0.3) is 0 Å². The Morgan fingerprint density at radius 1 is 1.88 bits per heavy atom. The average Bonchev–Trinajstić information content (AvgIpc) is 1.65. The van der Waals surface area contributed by atoms with Crippen LogP contribution in [0.4, 0.5) is 0 Å². The molecule has 0 unspecified atom stereocenters. The van der Waals surface area contributed by atoms with E-state index in [9.17, 15) is 0 Å². The maximum atomic E-state index is 5.27. The maximum absolute atomic E-state index is 5.27. The molecule has 0 aliphatic rings. The second-order valence-corrected chi connectivity index (χ2v) is 2.63. The molecule has 0 aliphatic carbocycles. The Morgan fingerprint density at radius 3 is 2.50 bits per heavy atom. The first kappa shape index (κ1) is 7.97. The van der Waals surface area contributed by atoms with Gasteiger partial charge in [0.05, 0.1) is 0 Å². The summed E-state index contributed by atoms with van der Waals surface area (Å²) in [4.78, 5) is 0. The van der Waals surface area contributed by atoms with E-state index in [0.717, 1.165) is 3.58 Å². The Labute approximate surface area is 63.2 Å². The summed E-state index contributed by atoms with van der Waals surface area (Å²) in [7, 11) is 1.77. The zero-order chi connectivity index (χ0) is 6.57. The molecule has 0 radical (unpaired) electrons. The second-order valence-electron chi connectivity index (χ2n) is 1.38. The fourth-order valence-corrected chi connectivity index (χ4v) is 0.687. The standard InChI is InChI=1S/C5H9IN2/c1-3-5(6)4-8(2)7/h3-4H,1,7H2,2H3/b5-4+. The first-order valence-electron chi connectivity index (χ1n) is 2.14. The maximum Gasteiger partial charge on any atom is 0.0297 e. The van der Waals surface area contributed by atoms with Gasteiger partial charge in [-0.05, 0) is 22.6 Å². The first-order chi connectivity index (χ1) is 3.66. The number of nitrogens with zero attached hydrogens (tertiary/aromatic N) is 1. The highest BCUT2D eigenvalue weighted by molar-refractivity contribution is 14.1. The lowest BCUT2D eigenvalue weighted by atomic mass is 10.6. The molecular weight excluding hydrogens is 215 g/mol. The number of hydrogen-bond donors (Lipinski definition) is 1. The van der Waals surface area contributed by atoms with E-state index >= 15 is 0 Å². The molecule has 0 aromatic rings. The van der Waals surface area contributed by atoms with Crippen molar-refractivity contribution in [1.29, 1.82) is 0 Å². The van der Waals surface area contributed by atoms with Crippen molar-refractivity contribution in [2.75, 3.05) is 7.05 Å². The van der Waals surface area contributed by atoms with E-state index in [1.807, 2.05) is 0 Å². The molecule has 3 heteroatoms. The van der Waals surface area contributed by atoms with Crippen molar-refractivity contribution in [3.63, 3.8) is 0 Å². The summed E-state index contributed by atoms with van der Waals surface area (Å²) in [5.74, 6) is 5.27. The molecule has 0 rings (SSSR count). The van der Waals surface area contributed by atoms with Crippen molar-refractivity contribution in [2.45, 2.75) is 0 Å². The molecule has 46 valence electrons. The lowest BCUT2D eigenvalue weighted by Crippen LogP contribution is -2.18. The van der Waals surface area contributed by atoms with E-state index in [4.69, 9.17) is 5.84 Å². The fourth-order valence-electron chi connectivity index (χ4n) is 0.247. The number of allylic oxidation sites excluding steroid dienone is 2. The van der Waals surface area contributed by atoms with Crippen LogP contribution in [-0.2, 0) is 0 Å². The Morgan fingerprint density at radius 2 is 2.38 bits per heavy atom. The van der Waals surface area contributed by atoms with Crippen molar-refractivity contribution >= 4 is 22.6 Å². The van der Waals surface area contributed by atoms with Crippen LogP contribution in [-0.4, -0.2) is 12.1 Å². The van der Waals surface area contributed by atoms with Gasteiger partial charge in [0.1, 0.15) is 0 Å². The molecule has 2 N–H and O–H groups in total. The highest BCUT2D eigenvalue weighted by atomic mass is 127. The zero-order valence-electron chi connectivity index (χ0n) is 4.76. The van der Waals surface area contributed by atoms with Crippen LogP contribution >= 0.6 is 22.6 Å². The third-order valence-corrected chi connectivity index (χ3v) is 1.24. The van der Waals surface area contributed by atoms with Crippen molar-refractivity contribution in [2.24, 2.45) is 5.84 Å². The highest BCUT2D eigenvalue weighted by Crippen LogP contribution is 2.04. The van der Waals surface area contributed by atoms with E-state index < -0.39 is 0 Å². The molecule has 0 heterocycles. The Bertz CT molecular complexity index is 107. The lowest BCUT2D eigenvalue weighted by Gasteiger charge is -2.02. The minimum absolute atomic E-state index is 1.03. The number of hydrazine groups is 1. The van der Waals surface area contributed by atoms with Crippen LogP contribution in [0.5, 0.6) is 0 Å². The second kappa shape index (κ2) is 3.91. The molecule has 0 saturated carbocycles. The molecule has 0 spiro atoms. The number of rotatable bonds is 2. The molecule has 2 nitrogen and oxygen atoms in total. The summed E-state index contributed by atoms with van der Waals surface area (Å²) >= 11 is 2.14. The zero-order valence-corrected chi connectivity index (χ0v) is 6.92.